The summed E-state index contributed by atoms with van der Waals surface area (Å²) in [4.78, 5) is 0. The lowest BCUT2D eigenvalue weighted by atomic mass is 9.77. The first-order valence-electron chi connectivity index (χ1n) is 6.52. The number of benzene rings is 1. The van der Waals surface area contributed by atoms with Gasteiger partial charge in [0, 0.05) is 33.7 Å². The van der Waals surface area contributed by atoms with Gasteiger partial charge < -0.3 is 10.4 Å². The Balaban J connectivity index is 2.54. The Morgan fingerprint density at radius 1 is 1.36 bits per heavy atom. The highest BCUT2D eigenvalue weighted by Gasteiger charge is 2.59. The molecular weight excluding hydrogens is 383 g/mol. The number of rotatable bonds is 3. The Morgan fingerprint density at radius 2 is 2.05 bits per heavy atom. The molecule has 2 rings (SSSR count). The third kappa shape index (κ3) is 3.05. The van der Waals surface area contributed by atoms with Crippen LogP contribution in [-0.4, -0.2) is 23.4 Å². The first kappa shape index (κ1) is 17.4. The van der Waals surface area contributed by atoms with Crippen molar-refractivity contribution in [3.05, 3.63) is 57.2 Å². The van der Waals surface area contributed by atoms with Crippen LogP contribution in [0, 0.1) is 0 Å². The molecular formula is C15H14BrClF3NO. The van der Waals surface area contributed by atoms with Gasteiger partial charge in [0.05, 0.1) is 0 Å². The number of halogens is 5. The van der Waals surface area contributed by atoms with Gasteiger partial charge in [-0.15, -0.1) is 0 Å². The molecule has 2 N–H and O–H groups in total. The molecule has 0 aliphatic carbocycles. The molecule has 0 spiro atoms. The molecule has 1 aliphatic rings. The van der Waals surface area contributed by atoms with Gasteiger partial charge in [0.25, 0.3) is 0 Å². The lowest BCUT2D eigenvalue weighted by molar-refractivity contribution is -0.250. The minimum atomic E-state index is -4.85. The minimum Gasteiger partial charge on any atom is -0.387 e. The van der Waals surface area contributed by atoms with Crippen molar-refractivity contribution >= 4 is 27.5 Å². The minimum absolute atomic E-state index is 0.165. The summed E-state index contributed by atoms with van der Waals surface area (Å²) in [6.07, 6.45) is -0.843. The first-order valence-corrected chi connectivity index (χ1v) is 7.69. The van der Waals surface area contributed by atoms with Crippen molar-refractivity contribution in [3.8, 4) is 0 Å². The molecule has 0 bridgehead atoms. The van der Waals surface area contributed by atoms with Gasteiger partial charge in [-0.05, 0) is 17.7 Å². The van der Waals surface area contributed by atoms with E-state index in [1.165, 1.54) is 37.4 Å². The van der Waals surface area contributed by atoms with Gasteiger partial charge >= 0.3 is 6.18 Å². The molecule has 1 aromatic rings. The van der Waals surface area contributed by atoms with Gasteiger partial charge in [0.1, 0.15) is 0 Å². The highest BCUT2D eigenvalue weighted by atomic mass is 79.9. The summed E-state index contributed by atoms with van der Waals surface area (Å²) in [5.41, 5.74) is -3.05. The summed E-state index contributed by atoms with van der Waals surface area (Å²) >= 11 is 9.27. The lowest BCUT2D eigenvalue weighted by Crippen LogP contribution is -2.51. The second-order valence-electron chi connectivity index (χ2n) is 5.06. The van der Waals surface area contributed by atoms with Crippen molar-refractivity contribution in [2.45, 2.75) is 24.6 Å². The second-order valence-corrected chi connectivity index (χ2v) is 6.38. The Morgan fingerprint density at radius 3 is 2.55 bits per heavy atom. The molecule has 0 amide bonds. The maximum Gasteiger partial charge on any atom is 0.422 e. The molecule has 2 unspecified atom stereocenters. The first-order chi connectivity index (χ1) is 10.2. The number of nitrogens with one attached hydrogen (secondary N) is 1. The van der Waals surface area contributed by atoms with Crippen LogP contribution >= 0.6 is 27.5 Å². The molecule has 2 nitrogen and oxygen atoms in total. The van der Waals surface area contributed by atoms with Gasteiger partial charge in [-0.3, -0.25) is 0 Å². The van der Waals surface area contributed by atoms with Gasteiger partial charge in [-0.2, -0.15) is 13.2 Å². The number of aliphatic hydroxyl groups is 1. The smallest absolute Gasteiger partial charge is 0.387 e. The maximum atomic E-state index is 13.6. The van der Waals surface area contributed by atoms with Crippen LogP contribution in [0.15, 0.2) is 46.6 Å². The fourth-order valence-electron chi connectivity index (χ4n) is 2.44. The summed E-state index contributed by atoms with van der Waals surface area (Å²) in [5.74, 6) is -1.27. The molecule has 0 saturated carbocycles. The zero-order valence-electron chi connectivity index (χ0n) is 11.6. The summed E-state index contributed by atoms with van der Waals surface area (Å²) < 4.78 is 41.5. The van der Waals surface area contributed by atoms with E-state index in [-0.39, 0.29) is 16.2 Å². The Hall–Kier alpha value is -0.980. The monoisotopic (exact) mass is 395 g/mol. The van der Waals surface area contributed by atoms with Gasteiger partial charge in [0.15, 0.2) is 5.60 Å². The quantitative estimate of drug-likeness (QED) is 0.786. The van der Waals surface area contributed by atoms with E-state index in [0.717, 1.165) is 0 Å². The zero-order chi connectivity index (χ0) is 16.5. The normalized spacial score (nSPS) is 19.1. The number of dihydropyridines is 1. The van der Waals surface area contributed by atoms with Crippen LogP contribution in [0.5, 0.6) is 0 Å². The SMILES string of the molecule is CC(c1ccc(Br)cc1Cl)C(O)(C1=CNCC=C1)C(F)(F)F. The summed E-state index contributed by atoms with van der Waals surface area (Å²) in [6.45, 7) is 1.73. The predicted octanol–water partition coefficient (Wildman–Crippen LogP) is 4.54. The molecule has 22 heavy (non-hydrogen) atoms. The summed E-state index contributed by atoms with van der Waals surface area (Å²) in [7, 11) is 0. The lowest BCUT2D eigenvalue weighted by Gasteiger charge is -2.38. The van der Waals surface area contributed by atoms with E-state index >= 15 is 0 Å². The van der Waals surface area contributed by atoms with E-state index in [1.807, 2.05) is 0 Å². The average Bonchev–Trinajstić information content (AvgIpc) is 2.45. The van der Waals surface area contributed by atoms with Crippen molar-refractivity contribution in [2.24, 2.45) is 0 Å². The molecule has 0 saturated heterocycles. The molecule has 2 atom stereocenters. The van der Waals surface area contributed by atoms with Gasteiger partial charge in [-0.1, -0.05) is 52.7 Å². The van der Waals surface area contributed by atoms with Crippen LogP contribution in [-0.2, 0) is 0 Å². The number of hydrogen-bond donors (Lipinski definition) is 2. The van der Waals surface area contributed by atoms with E-state index in [4.69, 9.17) is 11.6 Å². The molecule has 0 radical (unpaired) electrons. The van der Waals surface area contributed by atoms with Gasteiger partial charge in [0.2, 0.25) is 0 Å². The van der Waals surface area contributed by atoms with E-state index in [1.54, 1.807) is 6.07 Å². The van der Waals surface area contributed by atoms with Crippen molar-refractivity contribution < 1.29 is 18.3 Å². The third-order valence-corrected chi connectivity index (χ3v) is 4.54. The van der Waals surface area contributed by atoms with Crippen molar-refractivity contribution in [3.63, 3.8) is 0 Å². The topological polar surface area (TPSA) is 32.3 Å². The Bertz CT molecular complexity index is 630. The van der Waals surface area contributed by atoms with Crippen LogP contribution in [0.4, 0.5) is 13.2 Å². The molecule has 7 heteroatoms. The van der Waals surface area contributed by atoms with Crippen LogP contribution in [0.3, 0.4) is 0 Å². The zero-order valence-corrected chi connectivity index (χ0v) is 13.9. The molecule has 1 aliphatic heterocycles. The average molecular weight is 397 g/mol. The molecule has 1 heterocycles. The maximum absolute atomic E-state index is 13.6. The summed E-state index contributed by atoms with van der Waals surface area (Å²) in [5, 5.41) is 13.4. The Kier molecular flexibility index (Phi) is 4.94. The fourth-order valence-corrected chi connectivity index (χ4v) is 3.28. The van der Waals surface area contributed by atoms with Crippen LogP contribution < -0.4 is 5.32 Å². The fraction of sp³-hybridized carbons (Fsp3) is 0.333. The number of hydrogen-bond acceptors (Lipinski definition) is 2. The summed E-state index contributed by atoms with van der Waals surface area (Å²) in [6, 6.07) is 4.58. The highest BCUT2D eigenvalue weighted by molar-refractivity contribution is 9.10. The molecule has 0 fully saturated rings. The van der Waals surface area contributed by atoms with Crippen LogP contribution in [0.1, 0.15) is 18.4 Å². The molecule has 120 valence electrons. The van der Waals surface area contributed by atoms with E-state index in [0.29, 0.717) is 11.0 Å². The van der Waals surface area contributed by atoms with Crippen molar-refractivity contribution in [2.75, 3.05) is 6.54 Å². The third-order valence-electron chi connectivity index (χ3n) is 3.72. The number of alkyl halides is 3. The Labute approximate surface area is 139 Å². The molecule has 0 aromatic heterocycles. The van der Waals surface area contributed by atoms with Gasteiger partial charge in [-0.25, -0.2) is 0 Å². The highest BCUT2D eigenvalue weighted by Crippen LogP contribution is 2.48. The standard InChI is InChI=1S/C15H14BrClF3NO/c1-9(12-5-4-11(16)7-13(12)17)14(22,15(18,19)20)10-3-2-6-21-8-10/h2-5,7-9,21-22H,6H2,1H3. The van der Waals surface area contributed by atoms with E-state index < -0.39 is 17.7 Å². The van der Waals surface area contributed by atoms with Crippen LogP contribution in [0.25, 0.3) is 0 Å². The second kappa shape index (κ2) is 6.26. The van der Waals surface area contributed by atoms with Crippen molar-refractivity contribution in [1.29, 1.82) is 0 Å². The van der Waals surface area contributed by atoms with E-state index in [2.05, 4.69) is 21.2 Å². The largest absolute Gasteiger partial charge is 0.422 e. The predicted molar refractivity (Wildman–Crippen MR) is 83.8 cm³/mol. The van der Waals surface area contributed by atoms with Crippen molar-refractivity contribution in [1.82, 2.24) is 5.32 Å². The van der Waals surface area contributed by atoms with Crippen LogP contribution in [0.2, 0.25) is 5.02 Å². The molecule has 1 aromatic carbocycles. The van der Waals surface area contributed by atoms with E-state index in [9.17, 15) is 18.3 Å².